The lowest BCUT2D eigenvalue weighted by Crippen LogP contribution is -2.08. The standard InChI is InChI=1S/C9H13BrO/c1-2-7-3-4-9(10)8(5-7)6-11/h6-7H,2-5H2,1H3/t7-/m0/s1. The van der Waals surface area contributed by atoms with Crippen molar-refractivity contribution in [2.75, 3.05) is 0 Å². The van der Waals surface area contributed by atoms with Crippen LogP contribution in [-0.4, -0.2) is 6.29 Å². The summed E-state index contributed by atoms with van der Waals surface area (Å²) in [6, 6.07) is 0. The molecule has 1 atom stereocenters. The van der Waals surface area contributed by atoms with E-state index in [1.165, 1.54) is 12.8 Å². The Morgan fingerprint density at radius 2 is 2.45 bits per heavy atom. The summed E-state index contributed by atoms with van der Waals surface area (Å²) in [7, 11) is 0. The predicted molar refractivity (Wildman–Crippen MR) is 49.6 cm³/mol. The molecule has 0 spiro atoms. The number of hydrogen-bond donors (Lipinski definition) is 0. The van der Waals surface area contributed by atoms with E-state index in [1.54, 1.807) is 0 Å². The van der Waals surface area contributed by atoms with Gasteiger partial charge in [-0.2, -0.15) is 0 Å². The Labute approximate surface area is 76.0 Å². The number of carbonyl (C=O) groups is 1. The van der Waals surface area contributed by atoms with Crippen LogP contribution in [0.2, 0.25) is 0 Å². The minimum atomic E-state index is 0.733. The normalized spacial score (nSPS) is 25.5. The smallest absolute Gasteiger partial charge is 0.146 e. The van der Waals surface area contributed by atoms with E-state index in [9.17, 15) is 4.79 Å². The quantitative estimate of drug-likeness (QED) is 0.649. The first-order valence-corrected chi connectivity index (χ1v) is 4.90. The van der Waals surface area contributed by atoms with E-state index in [-0.39, 0.29) is 0 Å². The van der Waals surface area contributed by atoms with Crippen LogP contribution in [-0.2, 0) is 4.79 Å². The van der Waals surface area contributed by atoms with Gasteiger partial charge in [0.15, 0.2) is 0 Å². The second kappa shape index (κ2) is 4.05. The lowest BCUT2D eigenvalue weighted by atomic mass is 9.88. The summed E-state index contributed by atoms with van der Waals surface area (Å²) < 4.78 is 1.12. The second-order valence-electron chi connectivity index (χ2n) is 3.07. The van der Waals surface area contributed by atoms with Gasteiger partial charge in [-0.15, -0.1) is 0 Å². The molecule has 0 heterocycles. The number of rotatable bonds is 2. The highest BCUT2D eigenvalue weighted by atomic mass is 79.9. The zero-order valence-corrected chi connectivity index (χ0v) is 8.36. The third kappa shape index (κ3) is 2.16. The Morgan fingerprint density at radius 3 is 3.00 bits per heavy atom. The van der Waals surface area contributed by atoms with Crippen LogP contribution < -0.4 is 0 Å². The summed E-state index contributed by atoms with van der Waals surface area (Å²) in [5.74, 6) is 0.733. The van der Waals surface area contributed by atoms with Crippen molar-refractivity contribution < 1.29 is 4.79 Å². The third-order valence-electron chi connectivity index (χ3n) is 2.35. The van der Waals surface area contributed by atoms with Gasteiger partial charge in [0.1, 0.15) is 6.29 Å². The molecule has 62 valence electrons. The van der Waals surface area contributed by atoms with Crippen molar-refractivity contribution >= 4 is 22.2 Å². The van der Waals surface area contributed by atoms with E-state index in [2.05, 4.69) is 22.9 Å². The molecule has 0 saturated heterocycles. The SMILES string of the molecule is CC[C@H]1CCC(Br)=C(C=O)C1. The molecule has 1 rings (SSSR count). The summed E-state index contributed by atoms with van der Waals surface area (Å²) in [6.07, 6.45) is 5.44. The molecule has 0 radical (unpaired) electrons. The molecular weight excluding hydrogens is 204 g/mol. The lowest BCUT2D eigenvalue weighted by Gasteiger charge is -2.20. The maximum atomic E-state index is 10.5. The highest BCUT2D eigenvalue weighted by Crippen LogP contribution is 2.32. The number of hydrogen-bond acceptors (Lipinski definition) is 1. The molecule has 0 aromatic heterocycles. The van der Waals surface area contributed by atoms with E-state index in [0.29, 0.717) is 0 Å². The second-order valence-corrected chi connectivity index (χ2v) is 4.02. The maximum Gasteiger partial charge on any atom is 0.146 e. The lowest BCUT2D eigenvalue weighted by molar-refractivity contribution is -0.105. The Hall–Kier alpha value is -0.110. The molecule has 0 aromatic carbocycles. The largest absolute Gasteiger partial charge is 0.298 e. The zero-order valence-electron chi connectivity index (χ0n) is 6.77. The van der Waals surface area contributed by atoms with Crippen LogP contribution in [0.1, 0.15) is 32.6 Å². The van der Waals surface area contributed by atoms with Crippen molar-refractivity contribution in [3.8, 4) is 0 Å². The van der Waals surface area contributed by atoms with Gasteiger partial charge >= 0.3 is 0 Å². The van der Waals surface area contributed by atoms with Crippen molar-refractivity contribution in [1.29, 1.82) is 0 Å². The van der Waals surface area contributed by atoms with Crippen LogP contribution in [0.3, 0.4) is 0 Å². The monoisotopic (exact) mass is 216 g/mol. The Kier molecular flexibility index (Phi) is 3.31. The fraction of sp³-hybridized carbons (Fsp3) is 0.667. The van der Waals surface area contributed by atoms with Crippen molar-refractivity contribution in [1.82, 2.24) is 0 Å². The van der Waals surface area contributed by atoms with Gasteiger partial charge in [-0.1, -0.05) is 29.3 Å². The summed E-state index contributed by atoms with van der Waals surface area (Å²) >= 11 is 3.42. The van der Waals surface area contributed by atoms with Crippen molar-refractivity contribution in [3.63, 3.8) is 0 Å². The van der Waals surface area contributed by atoms with E-state index in [0.717, 1.165) is 35.1 Å². The summed E-state index contributed by atoms with van der Waals surface area (Å²) in [6.45, 7) is 2.19. The number of allylic oxidation sites excluding steroid dienone is 2. The molecule has 1 aliphatic rings. The van der Waals surface area contributed by atoms with Crippen LogP contribution in [0.25, 0.3) is 0 Å². The minimum absolute atomic E-state index is 0.733. The van der Waals surface area contributed by atoms with Crippen LogP contribution in [0, 0.1) is 5.92 Å². The first kappa shape index (κ1) is 8.98. The fourth-order valence-electron chi connectivity index (χ4n) is 1.48. The molecule has 11 heavy (non-hydrogen) atoms. The molecule has 0 N–H and O–H groups in total. The Bertz CT molecular complexity index is 184. The van der Waals surface area contributed by atoms with Gasteiger partial charge in [0, 0.05) is 10.1 Å². The van der Waals surface area contributed by atoms with Crippen molar-refractivity contribution in [2.24, 2.45) is 5.92 Å². The van der Waals surface area contributed by atoms with Gasteiger partial charge in [-0.25, -0.2) is 0 Å². The zero-order chi connectivity index (χ0) is 8.27. The van der Waals surface area contributed by atoms with E-state index >= 15 is 0 Å². The number of carbonyl (C=O) groups excluding carboxylic acids is 1. The predicted octanol–water partition coefficient (Wildman–Crippen LogP) is 3.04. The maximum absolute atomic E-state index is 10.5. The number of halogens is 1. The van der Waals surface area contributed by atoms with Gasteiger partial charge in [-0.05, 0) is 25.2 Å². The summed E-state index contributed by atoms with van der Waals surface area (Å²) in [5, 5.41) is 0. The van der Waals surface area contributed by atoms with Crippen molar-refractivity contribution in [3.05, 3.63) is 10.1 Å². The molecule has 2 heteroatoms. The average Bonchev–Trinajstić information content (AvgIpc) is 2.05. The van der Waals surface area contributed by atoms with Gasteiger partial charge in [0.05, 0.1) is 0 Å². The highest BCUT2D eigenvalue weighted by molar-refractivity contribution is 9.11. The highest BCUT2D eigenvalue weighted by Gasteiger charge is 2.17. The Balaban J connectivity index is 2.65. The summed E-state index contributed by atoms with van der Waals surface area (Å²) in [4.78, 5) is 10.5. The molecule has 0 aliphatic heterocycles. The molecule has 0 saturated carbocycles. The van der Waals surface area contributed by atoms with Gasteiger partial charge in [0.2, 0.25) is 0 Å². The molecule has 0 fully saturated rings. The fourth-order valence-corrected chi connectivity index (χ4v) is 1.96. The van der Waals surface area contributed by atoms with E-state index in [4.69, 9.17) is 0 Å². The van der Waals surface area contributed by atoms with Gasteiger partial charge in [0.25, 0.3) is 0 Å². The topological polar surface area (TPSA) is 17.1 Å². The summed E-state index contributed by atoms with van der Waals surface area (Å²) in [5.41, 5.74) is 0.975. The van der Waals surface area contributed by atoms with E-state index in [1.807, 2.05) is 0 Å². The molecule has 0 amide bonds. The molecule has 0 aromatic rings. The molecule has 1 nitrogen and oxygen atoms in total. The average molecular weight is 217 g/mol. The first-order chi connectivity index (χ1) is 5.27. The third-order valence-corrected chi connectivity index (χ3v) is 3.25. The Morgan fingerprint density at radius 1 is 1.73 bits per heavy atom. The van der Waals surface area contributed by atoms with Crippen molar-refractivity contribution in [2.45, 2.75) is 32.6 Å². The van der Waals surface area contributed by atoms with Crippen LogP contribution in [0.5, 0.6) is 0 Å². The van der Waals surface area contributed by atoms with E-state index < -0.39 is 0 Å². The first-order valence-electron chi connectivity index (χ1n) is 4.10. The van der Waals surface area contributed by atoms with Gasteiger partial charge in [-0.3, -0.25) is 4.79 Å². The van der Waals surface area contributed by atoms with Crippen LogP contribution in [0.4, 0.5) is 0 Å². The minimum Gasteiger partial charge on any atom is -0.298 e. The molecular formula is C9H13BrO. The van der Waals surface area contributed by atoms with Gasteiger partial charge < -0.3 is 0 Å². The number of aldehydes is 1. The van der Waals surface area contributed by atoms with Crippen LogP contribution in [0.15, 0.2) is 10.1 Å². The molecule has 1 aliphatic carbocycles. The molecule has 0 unspecified atom stereocenters. The molecule has 0 bridgehead atoms. The van der Waals surface area contributed by atoms with Crippen LogP contribution >= 0.6 is 15.9 Å².